The van der Waals surface area contributed by atoms with Gasteiger partial charge < -0.3 is 15.7 Å². The van der Waals surface area contributed by atoms with E-state index in [1.807, 2.05) is 6.07 Å². The molecule has 1 heterocycles. The average molecular weight is 248 g/mol. The molecule has 5 heteroatoms. The number of carbonyl (C=O) groups is 2. The summed E-state index contributed by atoms with van der Waals surface area (Å²) in [5, 5.41) is 15.0. The van der Waals surface area contributed by atoms with E-state index < -0.39 is 5.97 Å². The monoisotopic (exact) mass is 248 g/mol. The Labute approximate surface area is 105 Å². The normalized spacial score (nSPS) is 19.3. The third-order valence-corrected chi connectivity index (χ3v) is 3.03. The zero-order valence-electron chi connectivity index (χ0n) is 9.98. The first-order valence-electron chi connectivity index (χ1n) is 5.97. The number of aromatic carboxylic acids is 1. The first-order chi connectivity index (χ1) is 8.65. The molecule has 1 aromatic rings. The van der Waals surface area contributed by atoms with Gasteiger partial charge in [-0.3, -0.25) is 4.79 Å². The van der Waals surface area contributed by atoms with E-state index in [-0.39, 0.29) is 11.9 Å². The standard InChI is InChI=1S/C13H16N2O3/c16-12-5-4-11(8-15-12)14-7-9-2-1-3-10(6-9)13(17)18/h1-3,6,11,14H,4-5,7-8H2,(H,15,16)(H,17,18). The molecule has 0 aromatic heterocycles. The molecular formula is C13H16N2O3. The van der Waals surface area contributed by atoms with Crippen LogP contribution in [0.3, 0.4) is 0 Å². The number of carboxylic acids is 1. The van der Waals surface area contributed by atoms with Crippen molar-refractivity contribution in [3.8, 4) is 0 Å². The summed E-state index contributed by atoms with van der Waals surface area (Å²) in [6.07, 6.45) is 1.37. The number of amides is 1. The van der Waals surface area contributed by atoms with Gasteiger partial charge in [0, 0.05) is 25.6 Å². The number of hydrogen-bond acceptors (Lipinski definition) is 3. The molecule has 1 saturated heterocycles. The third-order valence-electron chi connectivity index (χ3n) is 3.03. The topological polar surface area (TPSA) is 78.4 Å². The van der Waals surface area contributed by atoms with Crippen LogP contribution in [0.1, 0.15) is 28.8 Å². The lowest BCUT2D eigenvalue weighted by molar-refractivity contribution is -0.122. The van der Waals surface area contributed by atoms with Crippen molar-refractivity contribution < 1.29 is 14.7 Å². The van der Waals surface area contributed by atoms with Crippen LogP contribution in [-0.2, 0) is 11.3 Å². The van der Waals surface area contributed by atoms with E-state index in [4.69, 9.17) is 5.11 Å². The van der Waals surface area contributed by atoms with Crippen LogP contribution in [0.15, 0.2) is 24.3 Å². The Morgan fingerprint density at radius 3 is 3.00 bits per heavy atom. The minimum Gasteiger partial charge on any atom is -0.478 e. The SMILES string of the molecule is O=C1CCC(NCc2cccc(C(=O)O)c2)CN1. The highest BCUT2D eigenvalue weighted by Gasteiger charge is 2.17. The molecule has 18 heavy (non-hydrogen) atoms. The maximum atomic E-state index is 11.0. The zero-order valence-corrected chi connectivity index (χ0v) is 9.98. The molecule has 0 radical (unpaired) electrons. The van der Waals surface area contributed by atoms with Gasteiger partial charge in [-0.2, -0.15) is 0 Å². The molecule has 1 amide bonds. The molecule has 96 valence electrons. The smallest absolute Gasteiger partial charge is 0.335 e. The van der Waals surface area contributed by atoms with Crippen LogP contribution in [0.25, 0.3) is 0 Å². The summed E-state index contributed by atoms with van der Waals surface area (Å²) >= 11 is 0. The van der Waals surface area contributed by atoms with Gasteiger partial charge in [0.15, 0.2) is 0 Å². The highest BCUT2D eigenvalue weighted by atomic mass is 16.4. The lowest BCUT2D eigenvalue weighted by Crippen LogP contribution is -2.45. The first kappa shape index (κ1) is 12.6. The van der Waals surface area contributed by atoms with Gasteiger partial charge in [0.1, 0.15) is 0 Å². The predicted molar refractivity (Wildman–Crippen MR) is 66.3 cm³/mol. The van der Waals surface area contributed by atoms with Crippen molar-refractivity contribution >= 4 is 11.9 Å². The van der Waals surface area contributed by atoms with Crippen LogP contribution in [-0.4, -0.2) is 29.6 Å². The fraction of sp³-hybridized carbons (Fsp3) is 0.385. The Bertz CT molecular complexity index is 449. The van der Waals surface area contributed by atoms with E-state index in [1.165, 1.54) is 0 Å². The van der Waals surface area contributed by atoms with Crippen molar-refractivity contribution in [1.29, 1.82) is 0 Å². The van der Waals surface area contributed by atoms with Crippen LogP contribution >= 0.6 is 0 Å². The van der Waals surface area contributed by atoms with Crippen molar-refractivity contribution in [1.82, 2.24) is 10.6 Å². The number of rotatable bonds is 4. The molecule has 0 spiro atoms. The van der Waals surface area contributed by atoms with Gasteiger partial charge in [-0.1, -0.05) is 12.1 Å². The van der Waals surface area contributed by atoms with Gasteiger partial charge in [-0.15, -0.1) is 0 Å². The second kappa shape index (κ2) is 5.64. The highest BCUT2D eigenvalue weighted by Crippen LogP contribution is 2.07. The fourth-order valence-corrected chi connectivity index (χ4v) is 1.98. The molecule has 1 aromatic carbocycles. The van der Waals surface area contributed by atoms with Crippen molar-refractivity contribution in [3.05, 3.63) is 35.4 Å². The van der Waals surface area contributed by atoms with E-state index in [0.29, 0.717) is 25.1 Å². The van der Waals surface area contributed by atoms with Gasteiger partial charge in [-0.25, -0.2) is 4.79 Å². The quantitative estimate of drug-likeness (QED) is 0.735. The van der Waals surface area contributed by atoms with Gasteiger partial charge in [0.2, 0.25) is 5.91 Å². The summed E-state index contributed by atoms with van der Waals surface area (Å²) in [5.41, 5.74) is 1.23. The summed E-state index contributed by atoms with van der Waals surface area (Å²) < 4.78 is 0. The van der Waals surface area contributed by atoms with E-state index in [2.05, 4.69) is 10.6 Å². The predicted octanol–water partition coefficient (Wildman–Crippen LogP) is 0.753. The molecular weight excluding hydrogens is 232 g/mol. The Balaban J connectivity index is 1.88. The van der Waals surface area contributed by atoms with Gasteiger partial charge >= 0.3 is 5.97 Å². The number of benzene rings is 1. The number of piperidine rings is 1. The molecule has 0 aliphatic carbocycles. The highest BCUT2D eigenvalue weighted by molar-refractivity contribution is 5.87. The second-order valence-corrected chi connectivity index (χ2v) is 4.43. The summed E-state index contributed by atoms with van der Waals surface area (Å²) in [5.74, 6) is -0.817. The van der Waals surface area contributed by atoms with Gasteiger partial charge in [0.05, 0.1) is 5.56 Å². The van der Waals surface area contributed by atoms with E-state index in [0.717, 1.165) is 12.0 Å². The van der Waals surface area contributed by atoms with Crippen LogP contribution in [0.4, 0.5) is 0 Å². The molecule has 0 saturated carbocycles. The molecule has 2 rings (SSSR count). The Kier molecular flexibility index (Phi) is 3.94. The maximum absolute atomic E-state index is 11.0. The summed E-state index contributed by atoms with van der Waals surface area (Å²) in [7, 11) is 0. The molecule has 1 atom stereocenters. The van der Waals surface area contributed by atoms with Crippen LogP contribution in [0.5, 0.6) is 0 Å². The van der Waals surface area contributed by atoms with Crippen molar-refractivity contribution in [2.24, 2.45) is 0 Å². The Morgan fingerprint density at radius 1 is 1.50 bits per heavy atom. The first-order valence-corrected chi connectivity index (χ1v) is 5.97. The van der Waals surface area contributed by atoms with E-state index in [1.54, 1.807) is 18.2 Å². The number of carboxylic acid groups (broad SMARTS) is 1. The van der Waals surface area contributed by atoms with Crippen molar-refractivity contribution in [2.75, 3.05) is 6.54 Å². The lowest BCUT2D eigenvalue weighted by Gasteiger charge is -2.23. The number of hydrogen-bond donors (Lipinski definition) is 3. The van der Waals surface area contributed by atoms with Crippen LogP contribution in [0.2, 0.25) is 0 Å². The molecule has 3 N–H and O–H groups in total. The minimum absolute atomic E-state index is 0.0981. The van der Waals surface area contributed by atoms with Crippen molar-refractivity contribution in [3.63, 3.8) is 0 Å². The minimum atomic E-state index is -0.915. The van der Waals surface area contributed by atoms with E-state index >= 15 is 0 Å². The molecule has 0 bridgehead atoms. The average Bonchev–Trinajstić information content (AvgIpc) is 2.38. The van der Waals surface area contributed by atoms with Crippen LogP contribution < -0.4 is 10.6 Å². The lowest BCUT2D eigenvalue weighted by atomic mass is 10.1. The molecule has 5 nitrogen and oxygen atoms in total. The van der Waals surface area contributed by atoms with E-state index in [9.17, 15) is 9.59 Å². The maximum Gasteiger partial charge on any atom is 0.335 e. The van der Waals surface area contributed by atoms with Crippen molar-refractivity contribution in [2.45, 2.75) is 25.4 Å². The molecule has 1 aliphatic rings. The summed E-state index contributed by atoms with van der Waals surface area (Å²) in [6, 6.07) is 7.13. The molecule has 1 unspecified atom stereocenters. The van der Waals surface area contributed by atoms with Gasteiger partial charge in [-0.05, 0) is 24.1 Å². The molecule has 1 aliphatic heterocycles. The molecule has 1 fully saturated rings. The fourth-order valence-electron chi connectivity index (χ4n) is 1.98. The van der Waals surface area contributed by atoms with Crippen LogP contribution in [0, 0.1) is 0 Å². The Morgan fingerprint density at radius 2 is 2.33 bits per heavy atom. The number of nitrogens with one attached hydrogen (secondary N) is 2. The number of carbonyl (C=O) groups excluding carboxylic acids is 1. The zero-order chi connectivity index (χ0) is 13.0. The second-order valence-electron chi connectivity index (χ2n) is 4.43. The summed E-state index contributed by atoms with van der Waals surface area (Å²) in [4.78, 5) is 21.8. The van der Waals surface area contributed by atoms with Gasteiger partial charge in [0.25, 0.3) is 0 Å². The summed E-state index contributed by atoms with van der Waals surface area (Å²) in [6.45, 7) is 1.25. The Hall–Kier alpha value is -1.88. The third kappa shape index (κ3) is 3.30. The largest absolute Gasteiger partial charge is 0.478 e.